The quantitative estimate of drug-likeness (QED) is 0.417. The Hall–Kier alpha value is 0.110. The van der Waals surface area contributed by atoms with Crippen molar-refractivity contribution in [2.75, 3.05) is 19.6 Å². The molecule has 17 heavy (non-hydrogen) atoms. The zero-order valence-corrected chi connectivity index (χ0v) is 12.3. The number of nitrogens with zero attached hydrogens (tertiary/aromatic N) is 1. The van der Waals surface area contributed by atoms with E-state index in [2.05, 4.69) is 20.8 Å². The Morgan fingerprint density at radius 1 is 0.765 bits per heavy atom. The SMILES string of the molecule is CCCC[N+](CCCC)(CCCC)C(F)F.[Cl-]. The highest BCUT2D eigenvalue weighted by molar-refractivity contribution is 4.47. The number of hydrogen-bond donors (Lipinski definition) is 0. The lowest BCUT2D eigenvalue weighted by atomic mass is 10.2. The number of halogens is 3. The zero-order valence-electron chi connectivity index (χ0n) is 11.5. The third-order valence-electron chi connectivity index (χ3n) is 3.29. The molecule has 0 unspecified atom stereocenters. The Morgan fingerprint density at radius 2 is 1.06 bits per heavy atom. The van der Waals surface area contributed by atoms with Crippen molar-refractivity contribution in [1.29, 1.82) is 0 Å². The van der Waals surface area contributed by atoms with Crippen LogP contribution in [-0.4, -0.2) is 30.7 Å². The number of rotatable bonds is 10. The first kappa shape index (κ1) is 19.4. The van der Waals surface area contributed by atoms with Crippen LogP contribution in [-0.2, 0) is 0 Å². The standard InChI is InChI=1S/C13H28F2N.ClH/c1-4-7-10-16(13(14)15,11-8-5-2)12-9-6-3;/h13H,4-12H2,1-3H3;1H/q+1;/p-1. The third-order valence-corrected chi connectivity index (χ3v) is 3.29. The molecule has 106 valence electrons. The van der Waals surface area contributed by atoms with Crippen LogP contribution in [0.25, 0.3) is 0 Å². The largest absolute Gasteiger partial charge is 1.00 e. The minimum absolute atomic E-state index is 0. The van der Waals surface area contributed by atoms with E-state index in [1.54, 1.807) is 0 Å². The van der Waals surface area contributed by atoms with Gasteiger partial charge in [-0.2, -0.15) is 8.78 Å². The van der Waals surface area contributed by atoms with Gasteiger partial charge < -0.3 is 12.4 Å². The maximum atomic E-state index is 13.3. The van der Waals surface area contributed by atoms with E-state index in [1.165, 1.54) is 0 Å². The molecule has 0 saturated heterocycles. The molecule has 0 radical (unpaired) electrons. The molecule has 0 atom stereocenters. The Balaban J connectivity index is 0. The lowest BCUT2D eigenvalue weighted by Crippen LogP contribution is -3.00. The van der Waals surface area contributed by atoms with E-state index in [0.29, 0.717) is 19.6 Å². The molecule has 0 bridgehead atoms. The average Bonchev–Trinajstić information content (AvgIpc) is 2.28. The number of unbranched alkanes of at least 4 members (excludes halogenated alkanes) is 3. The van der Waals surface area contributed by atoms with Gasteiger partial charge in [0.25, 0.3) is 0 Å². The van der Waals surface area contributed by atoms with Gasteiger partial charge in [0.2, 0.25) is 0 Å². The number of quaternary nitrogens is 1. The molecule has 0 aliphatic rings. The minimum atomic E-state index is -2.20. The smallest absolute Gasteiger partial charge is 0.380 e. The van der Waals surface area contributed by atoms with Crippen LogP contribution in [0.3, 0.4) is 0 Å². The summed E-state index contributed by atoms with van der Waals surface area (Å²) in [5, 5.41) is 0. The molecule has 0 heterocycles. The first-order valence-corrected chi connectivity index (χ1v) is 6.76. The lowest BCUT2D eigenvalue weighted by molar-refractivity contribution is -0.979. The van der Waals surface area contributed by atoms with E-state index in [0.717, 1.165) is 38.5 Å². The number of alkyl halides is 2. The third kappa shape index (κ3) is 7.20. The van der Waals surface area contributed by atoms with E-state index in [-0.39, 0.29) is 16.9 Å². The molecule has 0 saturated carbocycles. The van der Waals surface area contributed by atoms with Crippen LogP contribution in [0.15, 0.2) is 0 Å². The molecular formula is C13H28ClF2N. The highest BCUT2D eigenvalue weighted by atomic mass is 35.5. The van der Waals surface area contributed by atoms with Crippen LogP contribution in [0.1, 0.15) is 59.3 Å². The second-order valence-corrected chi connectivity index (χ2v) is 4.73. The zero-order chi connectivity index (χ0) is 12.4. The summed E-state index contributed by atoms with van der Waals surface area (Å²) in [5.74, 6) is 0. The fourth-order valence-corrected chi connectivity index (χ4v) is 2.05. The van der Waals surface area contributed by atoms with Gasteiger partial charge in [-0.05, 0) is 19.3 Å². The van der Waals surface area contributed by atoms with Gasteiger partial charge in [0.1, 0.15) is 0 Å². The molecule has 0 aromatic rings. The lowest BCUT2D eigenvalue weighted by Gasteiger charge is -2.37. The summed E-state index contributed by atoms with van der Waals surface area (Å²) in [4.78, 5) is 0. The van der Waals surface area contributed by atoms with Crippen molar-refractivity contribution < 1.29 is 25.7 Å². The molecule has 0 rings (SSSR count). The summed E-state index contributed by atoms with van der Waals surface area (Å²) in [7, 11) is 0. The van der Waals surface area contributed by atoms with Crippen LogP contribution in [0.2, 0.25) is 0 Å². The van der Waals surface area contributed by atoms with Gasteiger partial charge in [-0.15, -0.1) is 0 Å². The second-order valence-electron chi connectivity index (χ2n) is 4.73. The molecule has 4 heteroatoms. The van der Waals surface area contributed by atoms with Gasteiger partial charge in [0, 0.05) is 0 Å². The highest BCUT2D eigenvalue weighted by Crippen LogP contribution is 2.21. The van der Waals surface area contributed by atoms with Crippen molar-refractivity contribution in [1.82, 2.24) is 0 Å². The maximum Gasteiger partial charge on any atom is 0.380 e. The van der Waals surface area contributed by atoms with Crippen molar-refractivity contribution in [3.63, 3.8) is 0 Å². The van der Waals surface area contributed by atoms with E-state index in [4.69, 9.17) is 0 Å². The molecule has 0 aromatic heterocycles. The van der Waals surface area contributed by atoms with Gasteiger partial charge in [0.05, 0.1) is 19.6 Å². The minimum Gasteiger partial charge on any atom is -1.00 e. The predicted molar refractivity (Wildman–Crippen MR) is 65.6 cm³/mol. The first-order valence-electron chi connectivity index (χ1n) is 6.76. The molecule has 0 amide bonds. The molecule has 0 aliphatic heterocycles. The van der Waals surface area contributed by atoms with Crippen molar-refractivity contribution >= 4 is 0 Å². The van der Waals surface area contributed by atoms with E-state index in [9.17, 15) is 8.78 Å². The Kier molecular flexibility index (Phi) is 12.8. The van der Waals surface area contributed by atoms with Crippen molar-refractivity contribution in [3.05, 3.63) is 0 Å². The fourth-order valence-electron chi connectivity index (χ4n) is 2.05. The summed E-state index contributed by atoms with van der Waals surface area (Å²) in [6, 6.07) is 0. The molecule has 0 aliphatic carbocycles. The highest BCUT2D eigenvalue weighted by Gasteiger charge is 2.35. The van der Waals surface area contributed by atoms with Crippen LogP contribution >= 0.6 is 0 Å². The number of hydrogen-bond acceptors (Lipinski definition) is 0. The van der Waals surface area contributed by atoms with Gasteiger partial charge in [0.15, 0.2) is 0 Å². The van der Waals surface area contributed by atoms with Gasteiger partial charge in [-0.25, -0.2) is 0 Å². The second kappa shape index (κ2) is 11.2. The Bertz CT molecular complexity index is 144. The Morgan fingerprint density at radius 3 is 1.24 bits per heavy atom. The van der Waals surface area contributed by atoms with E-state index < -0.39 is 6.55 Å². The van der Waals surface area contributed by atoms with Crippen LogP contribution in [0.5, 0.6) is 0 Å². The summed E-state index contributed by atoms with van der Waals surface area (Å²) in [6.07, 6.45) is 5.76. The van der Waals surface area contributed by atoms with Gasteiger partial charge in [-0.3, -0.25) is 4.48 Å². The predicted octanol–water partition coefficient (Wildman–Crippen LogP) is 1.43. The monoisotopic (exact) mass is 271 g/mol. The van der Waals surface area contributed by atoms with Crippen molar-refractivity contribution in [3.8, 4) is 0 Å². The van der Waals surface area contributed by atoms with Gasteiger partial charge >= 0.3 is 6.55 Å². The molecule has 1 nitrogen and oxygen atoms in total. The van der Waals surface area contributed by atoms with E-state index >= 15 is 0 Å². The first-order chi connectivity index (χ1) is 7.63. The van der Waals surface area contributed by atoms with Crippen LogP contribution < -0.4 is 12.4 Å². The molecule has 0 N–H and O–H groups in total. The molecule has 0 fully saturated rings. The summed E-state index contributed by atoms with van der Waals surface area (Å²) < 4.78 is 26.6. The molecule has 0 aromatic carbocycles. The normalized spacial score (nSPS) is 11.6. The van der Waals surface area contributed by atoms with Crippen molar-refractivity contribution in [2.24, 2.45) is 0 Å². The summed E-state index contributed by atoms with van der Waals surface area (Å²) >= 11 is 0. The average molecular weight is 272 g/mol. The summed E-state index contributed by atoms with van der Waals surface area (Å²) in [5.41, 5.74) is 0. The van der Waals surface area contributed by atoms with Gasteiger partial charge in [-0.1, -0.05) is 40.0 Å². The maximum absolute atomic E-state index is 13.3. The summed E-state index contributed by atoms with van der Waals surface area (Å²) in [6.45, 7) is 5.94. The molecular weight excluding hydrogens is 244 g/mol. The van der Waals surface area contributed by atoms with Crippen LogP contribution in [0, 0.1) is 0 Å². The van der Waals surface area contributed by atoms with Crippen LogP contribution in [0.4, 0.5) is 8.78 Å². The fraction of sp³-hybridized carbons (Fsp3) is 1.00. The Labute approximate surface area is 112 Å². The topological polar surface area (TPSA) is 0 Å². The van der Waals surface area contributed by atoms with E-state index in [1.807, 2.05) is 0 Å². The molecule has 0 spiro atoms. The van der Waals surface area contributed by atoms with Crippen molar-refractivity contribution in [2.45, 2.75) is 65.8 Å².